The molecule has 1 fully saturated rings. The molecule has 0 radical (unpaired) electrons. The van der Waals surface area contributed by atoms with Crippen molar-refractivity contribution in [2.24, 2.45) is 0 Å². The van der Waals surface area contributed by atoms with Crippen molar-refractivity contribution in [2.45, 2.75) is 25.7 Å². The number of rotatable bonds is 9. The van der Waals surface area contributed by atoms with Crippen molar-refractivity contribution in [3.05, 3.63) is 54.1 Å². The van der Waals surface area contributed by atoms with E-state index >= 15 is 0 Å². The lowest BCUT2D eigenvalue weighted by Crippen LogP contribution is -2.48. The molecule has 2 aromatic rings. The highest BCUT2D eigenvalue weighted by atomic mass is 32.2. The number of anilines is 2. The van der Waals surface area contributed by atoms with Crippen molar-refractivity contribution in [3.63, 3.8) is 0 Å². The molecule has 1 N–H and O–H groups in total. The van der Waals surface area contributed by atoms with Gasteiger partial charge in [-0.2, -0.15) is 4.31 Å². The first-order valence-electron chi connectivity index (χ1n) is 11.2. The van der Waals surface area contributed by atoms with Crippen LogP contribution < -0.4 is 10.2 Å². The zero-order valence-corrected chi connectivity index (χ0v) is 20.3. The summed E-state index contributed by atoms with van der Waals surface area (Å²) in [4.78, 5) is 28.5. The van der Waals surface area contributed by atoms with Crippen LogP contribution in [0.1, 0.15) is 31.1 Å². The van der Waals surface area contributed by atoms with Gasteiger partial charge < -0.3 is 10.2 Å². The highest BCUT2D eigenvalue weighted by Crippen LogP contribution is 2.20. The molecule has 0 bridgehead atoms. The number of Topliss-reactive ketones (excluding diaryl/α,β-unsaturated/α-hetero) is 1. The minimum absolute atomic E-state index is 0.0496. The van der Waals surface area contributed by atoms with Crippen molar-refractivity contribution in [3.8, 4) is 0 Å². The summed E-state index contributed by atoms with van der Waals surface area (Å²) in [6, 6.07) is 14.0. The zero-order chi connectivity index (χ0) is 24.0. The highest BCUT2D eigenvalue weighted by molar-refractivity contribution is 7.89. The third-order valence-corrected chi connectivity index (χ3v) is 7.89. The summed E-state index contributed by atoms with van der Waals surface area (Å²) in [6.07, 6.45) is 0. The summed E-state index contributed by atoms with van der Waals surface area (Å²) in [5.41, 5.74) is 2.23. The molecule has 33 heavy (non-hydrogen) atoms. The molecule has 0 spiro atoms. The maximum absolute atomic E-state index is 12.7. The summed E-state index contributed by atoms with van der Waals surface area (Å²) in [6.45, 7) is 9.21. The summed E-state index contributed by atoms with van der Waals surface area (Å²) < 4.78 is 26.9. The van der Waals surface area contributed by atoms with Gasteiger partial charge in [-0.15, -0.1) is 0 Å². The number of hydrogen-bond acceptors (Lipinski definition) is 6. The van der Waals surface area contributed by atoms with Gasteiger partial charge in [0.2, 0.25) is 15.9 Å². The average Bonchev–Trinajstić information content (AvgIpc) is 2.80. The molecule has 2 aromatic carbocycles. The predicted molar refractivity (Wildman–Crippen MR) is 130 cm³/mol. The molecule has 1 amide bonds. The van der Waals surface area contributed by atoms with Gasteiger partial charge in [0.05, 0.1) is 11.4 Å². The van der Waals surface area contributed by atoms with Crippen LogP contribution in [0.2, 0.25) is 0 Å². The quantitative estimate of drug-likeness (QED) is 0.565. The predicted octanol–water partition coefficient (Wildman–Crippen LogP) is 2.68. The topological polar surface area (TPSA) is 90.0 Å². The van der Waals surface area contributed by atoms with Crippen LogP contribution >= 0.6 is 0 Å². The van der Waals surface area contributed by atoms with E-state index in [9.17, 15) is 18.0 Å². The SMILES string of the molecule is CCN(CC)S(=O)(=O)c1cccc(NC(=O)CN2CCN(c3ccc(C(C)=O)cc3)CC2)c1. The summed E-state index contributed by atoms with van der Waals surface area (Å²) in [5.74, 6) is -0.125. The Hall–Kier alpha value is -2.75. The van der Waals surface area contributed by atoms with E-state index in [1.165, 1.54) is 10.4 Å². The van der Waals surface area contributed by atoms with E-state index in [1.54, 1.807) is 39.0 Å². The standard InChI is InChI=1S/C24H32N4O4S/c1-4-28(5-2)33(31,32)23-8-6-7-21(17-23)25-24(30)18-26-13-15-27(16-14-26)22-11-9-20(10-12-22)19(3)29/h6-12,17H,4-5,13-16,18H2,1-3H3,(H,25,30). The third kappa shape index (κ3) is 6.19. The Balaban J connectivity index is 1.54. The molecule has 178 valence electrons. The van der Waals surface area contributed by atoms with Gasteiger partial charge in [-0.25, -0.2) is 8.42 Å². The van der Waals surface area contributed by atoms with Gasteiger partial charge in [0.25, 0.3) is 0 Å². The minimum atomic E-state index is -3.58. The lowest BCUT2D eigenvalue weighted by molar-refractivity contribution is -0.117. The first kappa shape index (κ1) is 24.9. The van der Waals surface area contributed by atoms with Gasteiger partial charge in [0.1, 0.15) is 0 Å². The first-order chi connectivity index (χ1) is 15.7. The molecule has 0 aliphatic carbocycles. The summed E-state index contributed by atoms with van der Waals surface area (Å²) in [7, 11) is -3.58. The van der Waals surface area contributed by atoms with E-state index < -0.39 is 10.0 Å². The van der Waals surface area contributed by atoms with Crippen molar-refractivity contribution in [1.82, 2.24) is 9.21 Å². The van der Waals surface area contributed by atoms with Crippen LogP contribution in [0, 0.1) is 0 Å². The van der Waals surface area contributed by atoms with Gasteiger partial charge in [-0.3, -0.25) is 14.5 Å². The number of piperazine rings is 1. The summed E-state index contributed by atoms with van der Waals surface area (Å²) in [5, 5.41) is 2.83. The number of benzene rings is 2. The van der Waals surface area contributed by atoms with Crippen molar-refractivity contribution < 1.29 is 18.0 Å². The van der Waals surface area contributed by atoms with Crippen molar-refractivity contribution in [2.75, 3.05) is 56.0 Å². The van der Waals surface area contributed by atoms with Gasteiger partial charge in [-0.1, -0.05) is 19.9 Å². The van der Waals surface area contributed by atoms with E-state index in [2.05, 4.69) is 15.1 Å². The minimum Gasteiger partial charge on any atom is -0.369 e. The molecular formula is C24H32N4O4S. The highest BCUT2D eigenvalue weighted by Gasteiger charge is 2.23. The normalized spacial score (nSPS) is 15.0. The molecule has 1 saturated heterocycles. The van der Waals surface area contributed by atoms with Gasteiger partial charge in [-0.05, 0) is 49.4 Å². The van der Waals surface area contributed by atoms with E-state index in [-0.39, 0.29) is 23.1 Å². The Morgan fingerprint density at radius 1 is 0.970 bits per heavy atom. The van der Waals surface area contributed by atoms with E-state index in [0.29, 0.717) is 24.3 Å². The monoisotopic (exact) mass is 472 g/mol. The Morgan fingerprint density at radius 2 is 1.61 bits per heavy atom. The van der Waals surface area contributed by atoms with E-state index in [4.69, 9.17) is 0 Å². The average molecular weight is 473 g/mol. The summed E-state index contributed by atoms with van der Waals surface area (Å²) >= 11 is 0. The second-order valence-corrected chi connectivity index (χ2v) is 9.97. The second kappa shape index (κ2) is 10.9. The molecule has 3 rings (SSSR count). The molecule has 0 aromatic heterocycles. The molecular weight excluding hydrogens is 440 g/mol. The fraction of sp³-hybridized carbons (Fsp3) is 0.417. The Bertz CT molecular complexity index is 1070. The largest absolute Gasteiger partial charge is 0.369 e. The molecule has 9 heteroatoms. The molecule has 0 unspecified atom stereocenters. The lowest BCUT2D eigenvalue weighted by Gasteiger charge is -2.35. The first-order valence-corrected chi connectivity index (χ1v) is 12.7. The third-order valence-electron chi connectivity index (χ3n) is 5.84. The van der Waals surface area contributed by atoms with Gasteiger partial charge >= 0.3 is 0 Å². The zero-order valence-electron chi connectivity index (χ0n) is 19.5. The molecule has 1 heterocycles. The number of nitrogens with zero attached hydrogens (tertiary/aromatic N) is 3. The number of sulfonamides is 1. The number of ketones is 1. The van der Waals surface area contributed by atoms with Crippen LogP contribution in [0.15, 0.2) is 53.4 Å². The van der Waals surface area contributed by atoms with Gasteiger partial charge in [0, 0.05) is 56.2 Å². The van der Waals surface area contributed by atoms with E-state index in [0.717, 1.165) is 31.9 Å². The fourth-order valence-electron chi connectivity index (χ4n) is 3.92. The molecule has 0 atom stereocenters. The Kier molecular flexibility index (Phi) is 8.23. The van der Waals surface area contributed by atoms with Crippen LogP contribution in [-0.2, 0) is 14.8 Å². The van der Waals surface area contributed by atoms with Crippen LogP contribution in [0.5, 0.6) is 0 Å². The molecule has 0 saturated carbocycles. The lowest BCUT2D eigenvalue weighted by atomic mass is 10.1. The van der Waals surface area contributed by atoms with Crippen LogP contribution in [-0.4, -0.2) is 75.1 Å². The Labute approximate surface area is 196 Å². The molecule has 1 aliphatic rings. The maximum Gasteiger partial charge on any atom is 0.243 e. The van der Waals surface area contributed by atoms with Crippen LogP contribution in [0.3, 0.4) is 0 Å². The number of carbonyl (C=O) groups is 2. The van der Waals surface area contributed by atoms with Crippen LogP contribution in [0.25, 0.3) is 0 Å². The van der Waals surface area contributed by atoms with Crippen molar-refractivity contribution >= 4 is 33.1 Å². The second-order valence-electron chi connectivity index (χ2n) is 8.03. The number of hydrogen-bond donors (Lipinski definition) is 1. The van der Waals surface area contributed by atoms with E-state index in [1.807, 2.05) is 24.3 Å². The molecule has 1 aliphatic heterocycles. The molecule has 8 nitrogen and oxygen atoms in total. The van der Waals surface area contributed by atoms with Crippen LogP contribution in [0.4, 0.5) is 11.4 Å². The smallest absolute Gasteiger partial charge is 0.243 e. The van der Waals surface area contributed by atoms with Gasteiger partial charge in [0.15, 0.2) is 5.78 Å². The maximum atomic E-state index is 12.7. The number of nitrogens with one attached hydrogen (secondary N) is 1. The fourth-order valence-corrected chi connectivity index (χ4v) is 5.43. The number of carbonyl (C=O) groups excluding carboxylic acids is 2. The van der Waals surface area contributed by atoms with Crippen molar-refractivity contribution in [1.29, 1.82) is 0 Å². The number of amides is 1. The Morgan fingerprint density at radius 3 is 2.18 bits per heavy atom.